The van der Waals surface area contributed by atoms with Gasteiger partial charge in [-0.1, -0.05) is 49.4 Å². The number of hydrogen-bond donors (Lipinski definition) is 0. The number of Topliss-reactive ketones (excluding diaryl/α,β-unsaturated/α-hetero) is 1. The Morgan fingerprint density at radius 1 is 0.968 bits per heavy atom. The van der Waals surface area contributed by atoms with Crippen LogP contribution in [0.5, 0.6) is 0 Å². The molecule has 158 valence electrons. The number of allylic oxidation sites excluding steroid dienone is 2. The van der Waals surface area contributed by atoms with Gasteiger partial charge in [0, 0.05) is 5.56 Å². The largest absolute Gasteiger partial charge is 0.451 e. The van der Waals surface area contributed by atoms with Crippen LogP contribution in [0.2, 0.25) is 0 Å². The normalized spacial score (nSPS) is 23.4. The third kappa shape index (κ3) is 3.81. The molecule has 31 heavy (non-hydrogen) atoms. The van der Waals surface area contributed by atoms with E-state index in [4.69, 9.17) is 4.74 Å². The van der Waals surface area contributed by atoms with Crippen molar-refractivity contribution >= 4 is 29.3 Å². The molecule has 4 atom stereocenters. The summed E-state index contributed by atoms with van der Waals surface area (Å²) in [7, 11) is 0. The van der Waals surface area contributed by atoms with E-state index in [-0.39, 0.29) is 40.9 Å². The number of imide groups is 1. The van der Waals surface area contributed by atoms with Crippen molar-refractivity contribution in [3.63, 3.8) is 0 Å². The molecule has 1 heterocycles. The molecule has 0 N–H and O–H groups in total. The van der Waals surface area contributed by atoms with Crippen LogP contribution in [0.1, 0.15) is 41.0 Å². The number of benzene rings is 2. The lowest BCUT2D eigenvalue weighted by molar-refractivity contribution is -0.122. The van der Waals surface area contributed by atoms with Gasteiger partial charge in [0.15, 0.2) is 6.10 Å². The predicted octanol–water partition coefficient (Wildman–Crippen LogP) is 3.82. The van der Waals surface area contributed by atoms with E-state index in [1.54, 1.807) is 42.5 Å². The average Bonchev–Trinajstić information content (AvgIpc) is 3.05. The number of nitrogens with zero attached hydrogens (tertiary/aromatic N) is 1. The standard InChI is InChI=1S/C25H23NO5/c1-15-7-6-10-20-21(15)24(29)26(23(20)28)19-13-11-18(12-14-19)25(30)31-16(2)22(27)17-8-4-3-5-9-17/h3-9,11-16,20-21H,10H2,1-2H3/t15-,16-,20+,21-/m0/s1. The van der Waals surface area contributed by atoms with Crippen molar-refractivity contribution < 1.29 is 23.9 Å². The van der Waals surface area contributed by atoms with E-state index in [0.29, 0.717) is 17.7 Å². The van der Waals surface area contributed by atoms with E-state index in [2.05, 4.69) is 0 Å². The number of anilines is 1. The summed E-state index contributed by atoms with van der Waals surface area (Å²) in [5.74, 6) is -2.00. The van der Waals surface area contributed by atoms with Gasteiger partial charge < -0.3 is 4.74 Å². The van der Waals surface area contributed by atoms with Gasteiger partial charge in [-0.3, -0.25) is 19.3 Å². The number of carbonyl (C=O) groups is 4. The van der Waals surface area contributed by atoms with Gasteiger partial charge >= 0.3 is 5.97 Å². The second kappa shape index (κ2) is 8.30. The molecule has 0 unspecified atom stereocenters. The highest BCUT2D eigenvalue weighted by atomic mass is 16.5. The Hall–Kier alpha value is -3.54. The highest BCUT2D eigenvalue weighted by Gasteiger charge is 2.50. The molecule has 0 radical (unpaired) electrons. The number of hydrogen-bond acceptors (Lipinski definition) is 5. The highest BCUT2D eigenvalue weighted by molar-refractivity contribution is 6.22. The van der Waals surface area contributed by atoms with Gasteiger partial charge in [0.1, 0.15) is 0 Å². The number of ketones is 1. The van der Waals surface area contributed by atoms with E-state index < -0.39 is 12.1 Å². The van der Waals surface area contributed by atoms with Gasteiger partial charge in [0.25, 0.3) is 0 Å². The second-order valence-electron chi connectivity index (χ2n) is 7.99. The van der Waals surface area contributed by atoms with Gasteiger partial charge in [-0.25, -0.2) is 4.79 Å². The van der Waals surface area contributed by atoms with Crippen molar-refractivity contribution in [2.75, 3.05) is 4.90 Å². The Labute approximate surface area is 180 Å². The molecule has 6 nitrogen and oxygen atoms in total. The lowest BCUT2D eigenvalue weighted by Gasteiger charge is -2.22. The van der Waals surface area contributed by atoms with Gasteiger partial charge in [-0.15, -0.1) is 0 Å². The van der Waals surface area contributed by atoms with E-state index in [0.717, 1.165) is 0 Å². The fourth-order valence-electron chi connectivity index (χ4n) is 4.27. The number of carbonyl (C=O) groups excluding carboxylic acids is 4. The summed E-state index contributed by atoms with van der Waals surface area (Å²) >= 11 is 0. The van der Waals surface area contributed by atoms with Crippen molar-refractivity contribution in [1.29, 1.82) is 0 Å². The molecule has 0 spiro atoms. The first kappa shape index (κ1) is 20.7. The minimum Gasteiger partial charge on any atom is -0.451 e. The molecular formula is C25H23NO5. The van der Waals surface area contributed by atoms with Crippen molar-refractivity contribution in [2.45, 2.75) is 26.4 Å². The zero-order valence-electron chi connectivity index (χ0n) is 17.4. The van der Waals surface area contributed by atoms with Crippen molar-refractivity contribution in [3.8, 4) is 0 Å². The maximum atomic E-state index is 12.9. The van der Waals surface area contributed by atoms with Crippen LogP contribution in [0.25, 0.3) is 0 Å². The predicted molar refractivity (Wildman–Crippen MR) is 114 cm³/mol. The van der Waals surface area contributed by atoms with Gasteiger partial charge in [-0.05, 0) is 43.5 Å². The first-order valence-electron chi connectivity index (χ1n) is 10.3. The maximum Gasteiger partial charge on any atom is 0.338 e. The van der Waals surface area contributed by atoms with Crippen molar-refractivity contribution in [1.82, 2.24) is 0 Å². The topological polar surface area (TPSA) is 80.8 Å². The van der Waals surface area contributed by atoms with Crippen molar-refractivity contribution in [3.05, 3.63) is 77.9 Å². The second-order valence-corrected chi connectivity index (χ2v) is 7.99. The van der Waals surface area contributed by atoms with Crippen LogP contribution in [0.3, 0.4) is 0 Å². The monoisotopic (exact) mass is 417 g/mol. The molecule has 2 aliphatic rings. The SMILES string of the molecule is C[C@H](OC(=O)c1ccc(N2C(=O)[C@H]3[C@@H](C)C=CC[C@H]3C2=O)cc1)C(=O)c1ccccc1. The molecular weight excluding hydrogens is 394 g/mol. The molecule has 4 rings (SSSR count). The molecule has 1 fully saturated rings. The quantitative estimate of drug-likeness (QED) is 0.320. The highest BCUT2D eigenvalue weighted by Crippen LogP contribution is 2.40. The van der Waals surface area contributed by atoms with Crippen LogP contribution in [-0.4, -0.2) is 29.7 Å². The molecule has 1 aliphatic carbocycles. The first-order valence-corrected chi connectivity index (χ1v) is 10.3. The minimum absolute atomic E-state index is 0.0121. The molecule has 0 bridgehead atoms. The number of rotatable bonds is 5. The number of esters is 1. The van der Waals surface area contributed by atoms with E-state index >= 15 is 0 Å². The lowest BCUT2D eigenvalue weighted by Crippen LogP contribution is -2.31. The van der Waals surface area contributed by atoms with Crippen molar-refractivity contribution in [2.24, 2.45) is 17.8 Å². The Bertz CT molecular complexity index is 1060. The summed E-state index contributed by atoms with van der Waals surface area (Å²) in [4.78, 5) is 51.8. The number of fused-ring (bicyclic) bond motifs is 1. The Balaban J connectivity index is 1.46. The summed E-state index contributed by atoms with van der Waals surface area (Å²) in [5.41, 5.74) is 1.14. The molecule has 2 amide bonds. The van der Waals surface area contributed by atoms with Crippen LogP contribution in [0, 0.1) is 17.8 Å². The Morgan fingerprint density at radius 2 is 1.65 bits per heavy atom. The fourth-order valence-corrected chi connectivity index (χ4v) is 4.27. The first-order chi connectivity index (χ1) is 14.9. The van der Waals surface area contributed by atoms with E-state index in [1.807, 2.05) is 19.1 Å². The smallest absolute Gasteiger partial charge is 0.338 e. The van der Waals surface area contributed by atoms with E-state index in [9.17, 15) is 19.2 Å². The summed E-state index contributed by atoms with van der Waals surface area (Å²) < 4.78 is 5.31. The maximum absolute atomic E-state index is 12.9. The van der Waals surface area contributed by atoms with Crippen LogP contribution < -0.4 is 4.90 Å². The summed E-state index contributed by atoms with van der Waals surface area (Å²) in [5, 5.41) is 0. The zero-order chi connectivity index (χ0) is 22.1. The molecule has 1 saturated heterocycles. The summed E-state index contributed by atoms with van der Waals surface area (Å²) in [6, 6.07) is 14.7. The summed E-state index contributed by atoms with van der Waals surface area (Å²) in [6.45, 7) is 3.47. The third-order valence-electron chi connectivity index (χ3n) is 5.95. The van der Waals surface area contributed by atoms with Crippen LogP contribution in [-0.2, 0) is 14.3 Å². The van der Waals surface area contributed by atoms with E-state index in [1.165, 1.54) is 24.0 Å². The molecule has 1 aliphatic heterocycles. The zero-order valence-corrected chi connectivity index (χ0v) is 17.4. The van der Waals surface area contributed by atoms with Gasteiger partial charge in [-0.2, -0.15) is 0 Å². The van der Waals surface area contributed by atoms with Crippen LogP contribution in [0.15, 0.2) is 66.7 Å². The molecule has 2 aromatic carbocycles. The molecule has 0 saturated carbocycles. The van der Waals surface area contributed by atoms with Gasteiger partial charge in [0.2, 0.25) is 17.6 Å². The Morgan fingerprint density at radius 3 is 2.29 bits per heavy atom. The van der Waals surface area contributed by atoms with Gasteiger partial charge in [0.05, 0.1) is 23.1 Å². The number of ether oxygens (including phenoxy) is 1. The fraction of sp³-hybridized carbons (Fsp3) is 0.280. The summed E-state index contributed by atoms with van der Waals surface area (Å²) in [6.07, 6.45) is 3.56. The average molecular weight is 417 g/mol. The third-order valence-corrected chi connectivity index (χ3v) is 5.95. The lowest BCUT2D eigenvalue weighted by atomic mass is 9.78. The van der Waals surface area contributed by atoms with Crippen LogP contribution in [0.4, 0.5) is 5.69 Å². The number of amides is 2. The molecule has 6 heteroatoms. The minimum atomic E-state index is -0.937. The Kier molecular flexibility index (Phi) is 5.55. The van der Waals surface area contributed by atoms with Crippen LogP contribution >= 0.6 is 0 Å². The molecule has 2 aromatic rings. The molecule has 0 aromatic heterocycles.